The SMILES string of the molecule is CC(C(=O)N1CCC(N)C(C)(C)C1)c1ccc2ccccc2c1.Cl. The predicted octanol–water partition coefficient (Wildman–Crippen LogP) is 3.95. The molecule has 2 unspecified atom stereocenters. The molecule has 0 bridgehead atoms. The van der Waals surface area contributed by atoms with Gasteiger partial charge in [0.15, 0.2) is 0 Å². The molecule has 0 radical (unpaired) electrons. The molecule has 24 heavy (non-hydrogen) atoms. The van der Waals surface area contributed by atoms with Crippen LogP contribution in [0.15, 0.2) is 42.5 Å². The van der Waals surface area contributed by atoms with E-state index in [0.29, 0.717) is 0 Å². The van der Waals surface area contributed by atoms with Crippen LogP contribution < -0.4 is 5.73 Å². The summed E-state index contributed by atoms with van der Waals surface area (Å²) < 4.78 is 0. The van der Waals surface area contributed by atoms with Crippen LogP contribution in [0.5, 0.6) is 0 Å². The molecule has 4 heteroatoms. The molecule has 0 saturated carbocycles. The highest BCUT2D eigenvalue weighted by Gasteiger charge is 2.36. The summed E-state index contributed by atoms with van der Waals surface area (Å²) in [6.45, 7) is 7.82. The summed E-state index contributed by atoms with van der Waals surface area (Å²) >= 11 is 0. The number of piperidine rings is 1. The minimum absolute atomic E-state index is 0. The lowest BCUT2D eigenvalue weighted by molar-refractivity contribution is -0.135. The number of fused-ring (bicyclic) bond motifs is 1. The molecule has 1 amide bonds. The van der Waals surface area contributed by atoms with E-state index in [9.17, 15) is 4.79 Å². The number of hydrogen-bond acceptors (Lipinski definition) is 2. The molecule has 1 aliphatic rings. The van der Waals surface area contributed by atoms with Gasteiger partial charge in [-0.3, -0.25) is 4.79 Å². The summed E-state index contributed by atoms with van der Waals surface area (Å²) in [7, 11) is 0. The van der Waals surface area contributed by atoms with Crippen molar-refractivity contribution in [3.63, 3.8) is 0 Å². The number of benzene rings is 2. The monoisotopic (exact) mass is 346 g/mol. The third-order valence-electron chi connectivity index (χ3n) is 5.27. The van der Waals surface area contributed by atoms with Gasteiger partial charge >= 0.3 is 0 Å². The van der Waals surface area contributed by atoms with Gasteiger partial charge in [-0.2, -0.15) is 0 Å². The zero-order chi connectivity index (χ0) is 16.6. The predicted molar refractivity (Wildman–Crippen MR) is 103 cm³/mol. The number of hydrogen-bond donors (Lipinski definition) is 1. The Morgan fingerprint density at radius 2 is 1.88 bits per heavy atom. The lowest BCUT2D eigenvalue weighted by Gasteiger charge is -2.43. The maximum atomic E-state index is 12.9. The van der Waals surface area contributed by atoms with Crippen LogP contribution in [-0.2, 0) is 4.79 Å². The van der Waals surface area contributed by atoms with Gasteiger partial charge in [-0.25, -0.2) is 0 Å². The average Bonchev–Trinajstić information content (AvgIpc) is 2.55. The van der Waals surface area contributed by atoms with Crippen LogP contribution >= 0.6 is 12.4 Å². The molecule has 130 valence electrons. The van der Waals surface area contributed by atoms with Gasteiger partial charge in [0.25, 0.3) is 0 Å². The van der Waals surface area contributed by atoms with Crippen LogP contribution in [0.25, 0.3) is 10.8 Å². The van der Waals surface area contributed by atoms with E-state index in [0.717, 1.165) is 25.1 Å². The molecule has 1 aliphatic heterocycles. The summed E-state index contributed by atoms with van der Waals surface area (Å²) in [6.07, 6.45) is 0.878. The number of nitrogens with two attached hydrogens (primary N) is 1. The summed E-state index contributed by atoms with van der Waals surface area (Å²) in [6, 6.07) is 14.7. The van der Waals surface area contributed by atoms with Gasteiger partial charge < -0.3 is 10.6 Å². The number of nitrogens with zero attached hydrogens (tertiary/aromatic N) is 1. The molecule has 2 aromatic carbocycles. The molecule has 3 nitrogen and oxygen atoms in total. The maximum absolute atomic E-state index is 12.9. The van der Waals surface area contributed by atoms with Gasteiger partial charge in [-0.1, -0.05) is 56.3 Å². The van der Waals surface area contributed by atoms with Gasteiger partial charge in [0.1, 0.15) is 0 Å². The molecular weight excluding hydrogens is 320 g/mol. The van der Waals surface area contributed by atoms with E-state index in [2.05, 4.69) is 44.2 Å². The van der Waals surface area contributed by atoms with E-state index < -0.39 is 0 Å². The fourth-order valence-corrected chi connectivity index (χ4v) is 3.46. The second-order valence-corrected chi connectivity index (χ2v) is 7.47. The first-order valence-corrected chi connectivity index (χ1v) is 8.41. The van der Waals surface area contributed by atoms with E-state index in [1.807, 2.05) is 24.0 Å². The molecule has 0 aliphatic carbocycles. The number of halogens is 1. The van der Waals surface area contributed by atoms with Gasteiger partial charge in [0.2, 0.25) is 5.91 Å². The lowest BCUT2D eigenvalue weighted by Crippen LogP contribution is -2.54. The smallest absolute Gasteiger partial charge is 0.229 e. The van der Waals surface area contributed by atoms with E-state index in [1.165, 1.54) is 10.8 Å². The van der Waals surface area contributed by atoms with Crippen molar-refractivity contribution >= 4 is 29.1 Å². The van der Waals surface area contributed by atoms with E-state index in [4.69, 9.17) is 5.73 Å². The van der Waals surface area contributed by atoms with Gasteiger partial charge in [-0.05, 0) is 35.1 Å². The first kappa shape index (κ1) is 18.8. The van der Waals surface area contributed by atoms with Gasteiger partial charge in [0, 0.05) is 19.1 Å². The Balaban J connectivity index is 0.00000208. The standard InChI is InChI=1S/C20H26N2O.ClH/c1-14(16-9-8-15-6-4-5-7-17(15)12-16)19(23)22-11-10-18(21)20(2,3)13-22;/h4-9,12,14,18H,10-11,13,21H2,1-3H3;1H. The molecule has 1 fully saturated rings. The van der Waals surface area contributed by atoms with Crippen LogP contribution in [0.4, 0.5) is 0 Å². The first-order valence-electron chi connectivity index (χ1n) is 8.41. The summed E-state index contributed by atoms with van der Waals surface area (Å²) in [5.41, 5.74) is 7.25. The van der Waals surface area contributed by atoms with Crippen molar-refractivity contribution in [3.05, 3.63) is 48.0 Å². The number of rotatable bonds is 2. The number of carbonyl (C=O) groups is 1. The van der Waals surface area contributed by atoms with Crippen molar-refractivity contribution in [1.82, 2.24) is 4.90 Å². The van der Waals surface area contributed by atoms with Crippen LogP contribution in [0.1, 0.15) is 38.7 Å². The fourth-order valence-electron chi connectivity index (χ4n) is 3.46. The first-order chi connectivity index (χ1) is 10.9. The van der Waals surface area contributed by atoms with Crippen molar-refractivity contribution in [3.8, 4) is 0 Å². The number of likely N-dealkylation sites (tertiary alicyclic amines) is 1. The van der Waals surface area contributed by atoms with Crippen molar-refractivity contribution in [2.45, 2.75) is 39.2 Å². The normalized spacial score (nSPS) is 21.2. The quantitative estimate of drug-likeness (QED) is 0.894. The van der Waals surface area contributed by atoms with Crippen molar-refractivity contribution < 1.29 is 4.79 Å². The zero-order valence-corrected chi connectivity index (χ0v) is 15.5. The van der Waals surface area contributed by atoms with E-state index in [-0.39, 0.29) is 35.7 Å². The topological polar surface area (TPSA) is 46.3 Å². The molecule has 3 rings (SSSR count). The molecule has 2 aromatic rings. The number of carbonyl (C=O) groups excluding carboxylic acids is 1. The fraction of sp³-hybridized carbons (Fsp3) is 0.450. The third kappa shape index (κ3) is 3.57. The molecule has 2 N–H and O–H groups in total. The van der Waals surface area contributed by atoms with Crippen LogP contribution in [0.3, 0.4) is 0 Å². The minimum atomic E-state index is -0.121. The Morgan fingerprint density at radius 1 is 1.21 bits per heavy atom. The number of amides is 1. The average molecular weight is 347 g/mol. The van der Waals surface area contributed by atoms with E-state index >= 15 is 0 Å². The van der Waals surface area contributed by atoms with Crippen molar-refractivity contribution in [2.75, 3.05) is 13.1 Å². The second-order valence-electron chi connectivity index (χ2n) is 7.47. The Hall–Kier alpha value is -1.58. The maximum Gasteiger partial charge on any atom is 0.229 e. The molecular formula is C20H27ClN2O. The van der Waals surface area contributed by atoms with Gasteiger partial charge in [-0.15, -0.1) is 12.4 Å². The minimum Gasteiger partial charge on any atom is -0.342 e. The molecule has 1 saturated heterocycles. The second kappa shape index (κ2) is 7.12. The van der Waals surface area contributed by atoms with Crippen molar-refractivity contribution in [2.24, 2.45) is 11.1 Å². The van der Waals surface area contributed by atoms with Crippen LogP contribution in [0, 0.1) is 5.41 Å². The van der Waals surface area contributed by atoms with E-state index in [1.54, 1.807) is 0 Å². The lowest BCUT2D eigenvalue weighted by atomic mass is 9.79. The summed E-state index contributed by atoms with van der Waals surface area (Å²) in [4.78, 5) is 14.9. The largest absolute Gasteiger partial charge is 0.342 e. The highest BCUT2D eigenvalue weighted by molar-refractivity contribution is 5.87. The molecule has 1 heterocycles. The zero-order valence-electron chi connectivity index (χ0n) is 14.7. The third-order valence-corrected chi connectivity index (χ3v) is 5.27. The highest BCUT2D eigenvalue weighted by atomic mass is 35.5. The molecule has 2 atom stereocenters. The van der Waals surface area contributed by atoms with Gasteiger partial charge in [0.05, 0.1) is 5.92 Å². The molecule has 0 spiro atoms. The summed E-state index contributed by atoms with van der Waals surface area (Å²) in [5, 5.41) is 2.40. The molecule has 0 aromatic heterocycles. The van der Waals surface area contributed by atoms with Crippen LogP contribution in [-0.4, -0.2) is 29.9 Å². The Bertz CT molecular complexity index is 728. The highest BCUT2D eigenvalue weighted by Crippen LogP contribution is 2.30. The Kier molecular flexibility index (Phi) is 5.56. The Morgan fingerprint density at radius 3 is 2.54 bits per heavy atom. The Labute approximate surface area is 150 Å². The van der Waals surface area contributed by atoms with Crippen LogP contribution in [0.2, 0.25) is 0 Å². The summed E-state index contributed by atoms with van der Waals surface area (Å²) in [5.74, 6) is 0.0880. The van der Waals surface area contributed by atoms with Crippen molar-refractivity contribution in [1.29, 1.82) is 0 Å².